The first kappa shape index (κ1) is 16.7. The number of oxazole rings is 1. The van der Waals surface area contributed by atoms with Crippen molar-refractivity contribution in [1.82, 2.24) is 9.88 Å². The molecular weight excluding hydrogens is 300 g/mol. The Morgan fingerprint density at radius 1 is 1.17 bits per heavy atom. The van der Waals surface area contributed by atoms with Crippen LogP contribution in [0.15, 0.2) is 40.9 Å². The highest BCUT2D eigenvalue weighted by molar-refractivity contribution is 5.76. The molecule has 0 bridgehead atoms. The molecule has 1 saturated carbocycles. The maximum atomic E-state index is 12.5. The van der Waals surface area contributed by atoms with Gasteiger partial charge in [0.25, 0.3) is 0 Å². The average Bonchev–Trinajstić information content (AvgIpc) is 2.93. The Morgan fingerprint density at radius 3 is 2.58 bits per heavy atom. The van der Waals surface area contributed by atoms with E-state index in [2.05, 4.69) is 4.98 Å². The maximum Gasteiger partial charge on any atom is 0.223 e. The average molecular weight is 326 g/mol. The van der Waals surface area contributed by atoms with Crippen LogP contribution in [0.4, 0.5) is 0 Å². The zero-order chi connectivity index (χ0) is 16.8. The quantitative estimate of drug-likeness (QED) is 0.762. The van der Waals surface area contributed by atoms with Crippen LogP contribution in [-0.4, -0.2) is 28.9 Å². The number of hydrogen-bond donors (Lipinski definition) is 0. The number of rotatable bonds is 5. The summed E-state index contributed by atoms with van der Waals surface area (Å²) in [6, 6.07) is 10.3. The standard InChI is InChI=1S/C20H26N2O2/c1-22(17-11-7-2-3-8-12-17)20(23)14-13-19-21-15-18(24-19)16-9-5-4-6-10-16/h4-6,9-10,15,17H,2-3,7-8,11-14H2,1H3. The Kier molecular flexibility index (Phi) is 5.68. The zero-order valence-corrected chi connectivity index (χ0v) is 14.4. The van der Waals surface area contributed by atoms with Crippen molar-refractivity contribution in [3.63, 3.8) is 0 Å². The molecular formula is C20H26N2O2. The molecule has 128 valence electrons. The normalized spacial score (nSPS) is 15.9. The number of aromatic nitrogens is 1. The molecule has 0 radical (unpaired) electrons. The summed E-state index contributed by atoms with van der Waals surface area (Å²) in [7, 11) is 1.95. The lowest BCUT2D eigenvalue weighted by Gasteiger charge is -2.27. The van der Waals surface area contributed by atoms with Gasteiger partial charge in [0.15, 0.2) is 11.7 Å². The first-order valence-electron chi connectivity index (χ1n) is 9.00. The molecule has 0 unspecified atom stereocenters. The molecule has 1 aliphatic rings. The molecule has 1 amide bonds. The van der Waals surface area contributed by atoms with Crippen molar-refractivity contribution in [1.29, 1.82) is 0 Å². The van der Waals surface area contributed by atoms with Crippen LogP contribution in [-0.2, 0) is 11.2 Å². The topological polar surface area (TPSA) is 46.3 Å². The van der Waals surface area contributed by atoms with E-state index in [1.807, 2.05) is 42.3 Å². The van der Waals surface area contributed by atoms with E-state index in [9.17, 15) is 4.79 Å². The molecule has 1 fully saturated rings. The lowest BCUT2D eigenvalue weighted by molar-refractivity contribution is -0.132. The predicted molar refractivity (Wildman–Crippen MR) is 94.5 cm³/mol. The first-order chi connectivity index (χ1) is 11.7. The van der Waals surface area contributed by atoms with Crippen LogP contribution >= 0.6 is 0 Å². The third kappa shape index (κ3) is 4.25. The predicted octanol–water partition coefficient (Wildman–Crippen LogP) is 4.46. The molecule has 4 heteroatoms. The maximum absolute atomic E-state index is 12.5. The second-order valence-electron chi connectivity index (χ2n) is 6.63. The smallest absolute Gasteiger partial charge is 0.223 e. The number of hydrogen-bond acceptors (Lipinski definition) is 3. The Labute approximate surface area is 143 Å². The van der Waals surface area contributed by atoms with Crippen LogP contribution < -0.4 is 0 Å². The second-order valence-corrected chi connectivity index (χ2v) is 6.63. The summed E-state index contributed by atoms with van der Waals surface area (Å²) < 4.78 is 5.78. The Hall–Kier alpha value is -2.10. The van der Waals surface area contributed by atoms with Crippen molar-refractivity contribution >= 4 is 5.91 Å². The summed E-state index contributed by atoms with van der Waals surface area (Å²) in [6.45, 7) is 0. The SMILES string of the molecule is CN(C(=O)CCc1ncc(-c2ccccc2)o1)C1CCCCCC1. The fourth-order valence-corrected chi connectivity index (χ4v) is 3.40. The number of carbonyl (C=O) groups excluding carboxylic acids is 1. The van der Waals surface area contributed by atoms with Crippen LogP contribution in [0.2, 0.25) is 0 Å². The highest BCUT2D eigenvalue weighted by atomic mass is 16.4. The second kappa shape index (κ2) is 8.13. The number of aryl methyl sites for hydroxylation is 1. The van der Waals surface area contributed by atoms with Gasteiger partial charge in [-0.3, -0.25) is 4.79 Å². The van der Waals surface area contributed by atoms with Gasteiger partial charge in [0, 0.05) is 31.5 Å². The summed E-state index contributed by atoms with van der Waals surface area (Å²) in [5.74, 6) is 1.59. The Balaban J connectivity index is 1.53. The molecule has 24 heavy (non-hydrogen) atoms. The third-order valence-electron chi connectivity index (χ3n) is 4.93. The van der Waals surface area contributed by atoms with Crippen molar-refractivity contribution < 1.29 is 9.21 Å². The largest absolute Gasteiger partial charge is 0.441 e. The van der Waals surface area contributed by atoms with E-state index in [4.69, 9.17) is 4.42 Å². The molecule has 0 aliphatic heterocycles. The summed E-state index contributed by atoms with van der Waals surface area (Å²) in [4.78, 5) is 18.7. The number of benzene rings is 1. The highest BCUT2D eigenvalue weighted by Crippen LogP contribution is 2.23. The van der Waals surface area contributed by atoms with Gasteiger partial charge in [-0.15, -0.1) is 0 Å². The summed E-state index contributed by atoms with van der Waals surface area (Å²) in [5, 5.41) is 0. The van der Waals surface area contributed by atoms with Gasteiger partial charge in [-0.1, -0.05) is 56.0 Å². The lowest BCUT2D eigenvalue weighted by Crippen LogP contribution is -2.36. The van der Waals surface area contributed by atoms with Gasteiger partial charge in [-0.2, -0.15) is 0 Å². The summed E-state index contributed by atoms with van der Waals surface area (Å²) in [6.07, 6.45) is 10.1. The Morgan fingerprint density at radius 2 is 1.88 bits per heavy atom. The monoisotopic (exact) mass is 326 g/mol. The molecule has 0 N–H and O–H groups in total. The zero-order valence-electron chi connectivity index (χ0n) is 14.4. The van der Waals surface area contributed by atoms with Crippen molar-refractivity contribution in [2.45, 2.75) is 57.4 Å². The van der Waals surface area contributed by atoms with Crippen LogP contribution in [0, 0.1) is 0 Å². The van der Waals surface area contributed by atoms with E-state index >= 15 is 0 Å². The van der Waals surface area contributed by atoms with Crippen LogP contribution in [0.5, 0.6) is 0 Å². The van der Waals surface area contributed by atoms with E-state index in [1.165, 1.54) is 25.7 Å². The minimum Gasteiger partial charge on any atom is -0.441 e. The van der Waals surface area contributed by atoms with Crippen LogP contribution in [0.25, 0.3) is 11.3 Å². The fraction of sp³-hybridized carbons (Fsp3) is 0.500. The van der Waals surface area contributed by atoms with E-state index in [0.717, 1.165) is 24.2 Å². The molecule has 1 aliphatic carbocycles. The molecule has 1 heterocycles. The van der Waals surface area contributed by atoms with Gasteiger partial charge in [0.2, 0.25) is 5.91 Å². The number of amides is 1. The van der Waals surface area contributed by atoms with E-state index in [0.29, 0.717) is 24.8 Å². The van der Waals surface area contributed by atoms with Crippen LogP contribution in [0.1, 0.15) is 50.8 Å². The van der Waals surface area contributed by atoms with Crippen LogP contribution in [0.3, 0.4) is 0 Å². The molecule has 3 rings (SSSR count). The van der Waals surface area contributed by atoms with E-state index in [1.54, 1.807) is 6.20 Å². The van der Waals surface area contributed by atoms with Gasteiger partial charge >= 0.3 is 0 Å². The first-order valence-corrected chi connectivity index (χ1v) is 9.00. The molecule has 1 aromatic carbocycles. The van der Waals surface area contributed by atoms with Crippen molar-refractivity contribution in [2.24, 2.45) is 0 Å². The molecule has 1 aromatic heterocycles. The minimum absolute atomic E-state index is 0.196. The van der Waals surface area contributed by atoms with Crippen molar-refractivity contribution in [3.05, 3.63) is 42.4 Å². The molecule has 2 aromatic rings. The third-order valence-corrected chi connectivity index (χ3v) is 4.93. The highest BCUT2D eigenvalue weighted by Gasteiger charge is 2.21. The molecule has 0 saturated heterocycles. The van der Waals surface area contributed by atoms with Gasteiger partial charge in [-0.25, -0.2) is 4.98 Å². The lowest BCUT2D eigenvalue weighted by atomic mass is 10.1. The van der Waals surface area contributed by atoms with Gasteiger partial charge in [0.1, 0.15) is 0 Å². The van der Waals surface area contributed by atoms with Gasteiger partial charge in [-0.05, 0) is 12.8 Å². The number of carbonyl (C=O) groups is 1. The van der Waals surface area contributed by atoms with Crippen molar-refractivity contribution in [3.8, 4) is 11.3 Å². The summed E-state index contributed by atoms with van der Waals surface area (Å²) >= 11 is 0. The van der Waals surface area contributed by atoms with Gasteiger partial charge < -0.3 is 9.32 Å². The molecule has 0 spiro atoms. The van der Waals surface area contributed by atoms with Crippen molar-refractivity contribution in [2.75, 3.05) is 7.05 Å². The van der Waals surface area contributed by atoms with Gasteiger partial charge in [0.05, 0.1) is 6.20 Å². The Bertz CT molecular complexity index is 643. The minimum atomic E-state index is 0.196. The number of nitrogens with zero attached hydrogens (tertiary/aromatic N) is 2. The molecule has 0 atom stereocenters. The molecule has 4 nitrogen and oxygen atoms in total. The summed E-state index contributed by atoms with van der Waals surface area (Å²) in [5.41, 5.74) is 1.01. The van der Waals surface area contributed by atoms with E-state index in [-0.39, 0.29) is 5.91 Å². The van der Waals surface area contributed by atoms with E-state index < -0.39 is 0 Å². The fourth-order valence-electron chi connectivity index (χ4n) is 3.40.